The molecule has 0 aliphatic heterocycles. The Bertz CT molecular complexity index is 304. The molecule has 0 amide bonds. The van der Waals surface area contributed by atoms with Gasteiger partial charge in [-0.2, -0.15) is 20.5 Å². The highest BCUT2D eigenvalue weighted by Gasteiger charge is 2.30. The van der Waals surface area contributed by atoms with Crippen molar-refractivity contribution in [3.8, 4) is 0 Å². The van der Waals surface area contributed by atoms with Crippen LogP contribution in [0.3, 0.4) is 0 Å². The standard InChI is InChI=1S/C13H19F2NS/c1-17-10-6-5-9-16-11-13(14,15)12-7-3-2-4-8-12/h2-4,7-8,16H,5-6,9-11H2,1H3. The van der Waals surface area contributed by atoms with Crippen LogP contribution in [0.5, 0.6) is 0 Å². The molecule has 96 valence electrons. The van der Waals surface area contributed by atoms with E-state index in [1.165, 1.54) is 12.1 Å². The normalized spacial score (nSPS) is 11.7. The van der Waals surface area contributed by atoms with Crippen LogP contribution in [0.15, 0.2) is 30.3 Å². The molecule has 0 aliphatic carbocycles. The average Bonchev–Trinajstić information content (AvgIpc) is 2.35. The molecular weight excluding hydrogens is 240 g/mol. The molecule has 0 saturated carbocycles. The van der Waals surface area contributed by atoms with Gasteiger partial charge in [0.2, 0.25) is 0 Å². The SMILES string of the molecule is CSCCCCNCC(F)(F)c1ccccc1. The third-order valence-electron chi connectivity index (χ3n) is 2.50. The molecule has 0 aliphatic rings. The maximum atomic E-state index is 13.7. The van der Waals surface area contributed by atoms with Gasteiger partial charge in [-0.1, -0.05) is 30.3 Å². The lowest BCUT2D eigenvalue weighted by Crippen LogP contribution is -2.31. The van der Waals surface area contributed by atoms with Gasteiger partial charge in [0, 0.05) is 5.56 Å². The number of hydrogen-bond donors (Lipinski definition) is 1. The van der Waals surface area contributed by atoms with Crippen molar-refractivity contribution in [2.75, 3.05) is 25.1 Å². The van der Waals surface area contributed by atoms with E-state index in [4.69, 9.17) is 0 Å². The lowest BCUT2D eigenvalue weighted by atomic mass is 10.1. The molecule has 0 fully saturated rings. The number of halogens is 2. The molecule has 4 heteroatoms. The predicted octanol–water partition coefficient (Wildman–Crippen LogP) is 3.51. The maximum absolute atomic E-state index is 13.7. The van der Waals surface area contributed by atoms with Crippen molar-refractivity contribution in [2.45, 2.75) is 18.8 Å². The van der Waals surface area contributed by atoms with E-state index in [1.54, 1.807) is 30.0 Å². The number of hydrogen-bond acceptors (Lipinski definition) is 2. The van der Waals surface area contributed by atoms with Crippen LogP contribution in [-0.4, -0.2) is 25.1 Å². The Kier molecular flexibility index (Phi) is 6.52. The summed E-state index contributed by atoms with van der Waals surface area (Å²) in [5.41, 5.74) is 0.0802. The van der Waals surface area contributed by atoms with Gasteiger partial charge in [0.15, 0.2) is 0 Å². The fourth-order valence-corrected chi connectivity index (χ4v) is 2.02. The molecule has 1 rings (SSSR count). The number of alkyl halides is 2. The van der Waals surface area contributed by atoms with Crippen LogP contribution in [0, 0.1) is 0 Å². The van der Waals surface area contributed by atoms with E-state index >= 15 is 0 Å². The van der Waals surface area contributed by atoms with E-state index in [2.05, 4.69) is 11.6 Å². The number of thioether (sulfide) groups is 1. The molecule has 1 aromatic rings. The molecule has 0 saturated heterocycles. The first kappa shape index (κ1) is 14.5. The minimum absolute atomic E-state index is 0.0802. The highest BCUT2D eigenvalue weighted by molar-refractivity contribution is 7.98. The minimum atomic E-state index is -2.78. The zero-order valence-corrected chi connectivity index (χ0v) is 10.9. The van der Waals surface area contributed by atoms with Gasteiger partial charge in [-0.25, -0.2) is 0 Å². The average molecular weight is 259 g/mol. The van der Waals surface area contributed by atoms with E-state index in [0.717, 1.165) is 18.6 Å². The molecule has 1 nitrogen and oxygen atoms in total. The highest BCUT2D eigenvalue weighted by Crippen LogP contribution is 2.26. The van der Waals surface area contributed by atoms with Gasteiger partial charge >= 0.3 is 0 Å². The Morgan fingerprint density at radius 1 is 1.18 bits per heavy atom. The minimum Gasteiger partial charge on any atom is -0.311 e. The Morgan fingerprint density at radius 3 is 2.53 bits per heavy atom. The van der Waals surface area contributed by atoms with Crippen molar-refractivity contribution < 1.29 is 8.78 Å². The smallest absolute Gasteiger partial charge is 0.285 e. The first-order valence-corrected chi connectivity index (χ1v) is 7.19. The lowest BCUT2D eigenvalue weighted by molar-refractivity contribution is -0.00298. The number of nitrogens with one attached hydrogen (secondary N) is 1. The van der Waals surface area contributed by atoms with E-state index in [9.17, 15) is 8.78 Å². The third kappa shape index (κ3) is 5.50. The summed E-state index contributed by atoms with van der Waals surface area (Å²) in [6.07, 6.45) is 4.08. The Morgan fingerprint density at radius 2 is 1.88 bits per heavy atom. The van der Waals surface area contributed by atoms with Crippen molar-refractivity contribution in [1.82, 2.24) is 5.32 Å². The van der Waals surface area contributed by atoms with Crippen molar-refractivity contribution in [2.24, 2.45) is 0 Å². The van der Waals surface area contributed by atoms with Crippen LogP contribution in [0.1, 0.15) is 18.4 Å². The summed E-state index contributed by atoms with van der Waals surface area (Å²) in [5.74, 6) is -1.68. The number of unbranched alkanes of at least 4 members (excludes halogenated alkanes) is 1. The number of rotatable bonds is 8. The fourth-order valence-electron chi connectivity index (χ4n) is 1.53. The molecular formula is C13H19F2NS. The van der Waals surface area contributed by atoms with Crippen molar-refractivity contribution in [3.05, 3.63) is 35.9 Å². The maximum Gasteiger partial charge on any atom is 0.285 e. The molecule has 0 bridgehead atoms. The second-order valence-corrected chi connectivity index (χ2v) is 4.93. The fraction of sp³-hybridized carbons (Fsp3) is 0.538. The van der Waals surface area contributed by atoms with E-state index in [-0.39, 0.29) is 12.1 Å². The van der Waals surface area contributed by atoms with E-state index < -0.39 is 5.92 Å². The van der Waals surface area contributed by atoms with Crippen LogP contribution in [-0.2, 0) is 5.92 Å². The summed E-state index contributed by atoms with van der Waals surface area (Å²) in [7, 11) is 0. The van der Waals surface area contributed by atoms with E-state index in [1.807, 2.05) is 0 Å². The van der Waals surface area contributed by atoms with Gasteiger partial charge < -0.3 is 5.32 Å². The molecule has 0 spiro atoms. The van der Waals surface area contributed by atoms with Crippen LogP contribution in [0.4, 0.5) is 8.78 Å². The van der Waals surface area contributed by atoms with Gasteiger partial charge in [-0.15, -0.1) is 0 Å². The summed E-state index contributed by atoms with van der Waals surface area (Å²) in [4.78, 5) is 0. The first-order valence-electron chi connectivity index (χ1n) is 5.80. The van der Waals surface area contributed by atoms with Crippen LogP contribution >= 0.6 is 11.8 Å². The van der Waals surface area contributed by atoms with Gasteiger partial charge in [-0.05, 0) is 31.4 Å². The second kappa shape index (κ2) is 7.67. The molecule has 0 aromatic heterocycles. The zero-order valence-electron chi connectivity index (χ0n) is 10.1. The summed E-state index contributed by atoms with van der Waals surface area (Å²) < 4.78 is 27.3. The molecule has 0 heterocycles. The van der Waals surface area contributed by atoms with Crippen LogP contribution in [0.2, 0.25) is 0 Å². The summed E-state index contributed by atoms with van der Waals surface area (Å²) in [6.45, 7) is 0.374. The number of benzene rings is 1. The topological polar surface area (TPSA) is 12.0 Å². The second-order valence-electron chi connectivity index (χ2n) is 3.95. The van der Waals surface area contributed by atoms with Crippen molar-refractivity contribution in [1.29, 1.82) is 0 Å². The van der Waals surface area contributed by atoms with Gasteiger partial charge in [-0.3, -0.25) is 0 Å². The van der Waals surface area contributed by atoms with Crippen molar-refractivity contribution >= 4 is 11.8 Å². The van der Waals surface area contributed by atoms with Gasteiger partial charge in [0.05, 0.1) is 6.54 Å². The molecule has 0 radical (unpaired) electrons. The van der Waals surface area contributed by atoms with Crippen LogP contribution < -0.4 is 5.32 Å². The summed E-state index contributed by atoms with van der Waals surface area (Å²) in [5, 5.41) is 2.82. The van der Waals surface area contributed by atoms with Gasteiger partial charge in [0.1, 0.15) is 0 Å². The quantitative estimate of drug-likeness (QED) is 0.717. The zero-order chi connectivity index (χ0) is 12.6. The first-order chi connectivity index (χ1) is 8.17. The molecule has 17 heavy (non-hydrogen) atoms. The Balaban J connectivity index is 2.26. The Hall–Kier alpha value is -0.610. The summed E-state index contributed by atoms with van der Waals surface area (Å²) >= 11 is 1.79. The van der Waals surface area contributed by atoms with Crippen molar-refractivity contribution in [3.63, 3.8) is 0 Å². The predicted molar refractivity (Wildman–Crippen MR) is 70.8 cm³/mol. The molecule has 1 aromatic carbocycles. The van der Waals surface area contributed by atoms with Gasteiger partial charge in [0.25, 0.3) is 5.92 Å². The third-order valence-corrected chi connectivity index (χ3v) is 3.19. The molecule has 0 unspecified atom stereocenters. The lowest BCUT2D eigenvalue weighted by Gasteiger charge is -2.17. The van der Waals surface area contributed by atoms with E-state index in [0.29, 0.717) is 6.54 Å². The van der Waals surface area contributed by atoms with Crippen LogP contribution in [0.25, 0.3) is 0 Å². The Labute approximate surface area is 106 Å². The largest absolute Gasteiger partial charge is 0.311 e. The molecule has 1 N–H and O–H groups in total. The molecule has 0 atom stereocenters. The summed E-state index contributed by atoms with van der Waals surface area (Å²) in [6, 6.07) is 7.96. The monoisotopic (exact) mass is 259 g/mol. The highest BCUT2D eigenvalue weighted by atomic mass is 32.2.